The maximum atomic E-state index is 9.02. The normalized spacial score (nSPS) is 11.8. The van der Waals surface area contributed by atoms with Crippen LogP contribution in [0, 0.1) is 17.2 Å². The summed E-state index contributed by atoms with van der Waals surface area (Å²) in [5, 5.41) is 20.9. The first-order valence-electron chi connectivity index (χ1n) is 7.20. The predicted octanol–water partition coefficient (Wildman–Crippen LogP) is 2.48. The minimum atomic E-state index is 0.0808. The Morgan fingerprint density at radius 2 is 2.05 bits per heavy atom. The molecule has 0 aliphatic carbocycles. The zero-order chi connectivity index (χ0) is 14.6. The van der Waals surface area contributed by atoms with Crippen LogP contribution in [0.15, 0.2) is 24.3 Å². The van der Waals surface area contributed by atoms with Crippen LogP contribution in [0.2, 0.25) is 0 Å². The average Bonchev–Trinajstić information content (AvgIpc) is 2.47. The van der Waals surface area contributed by atoms with Crippen molar-refractivity contribution in [2.24, 2.45) is 5.92 Å². The van der Waals surface area contributed by atoms with Gasteiger partial charge >= 0.3 is 0 Å². The van der Waals surface area contributed by atoms with E-state index in [-0.39, 0.29) is 13.2 Å². The fourth-order valence-corrected chi connectivity index (χ4v) is 2.18. The number of ether oxygens (including phenoxy) is 1. The van der Waals surface area contributed by atoms with Gasteiger partial charge in [0, 0.05) is 13.2 Å². The summed E-state index contributed by atoms with van der Waals surface area (Å²) in [6.45, 7) is 4.25. The molecule has 0 aromatic heterocycles. The summed E-state index contributed by atoms with van der Waals surface area (Å²) in [5.41, 5.74) is 1.19. The Kier molecular flexibility index (Phi) is 8.44. The monoisotopic (exact) mass is 276 g/mol. The Morgan fingerprint density at radius 1 is 1.30 bits per heavy atom. The van der Waals surface area contributed by atoms with Crippen LogP contribution >= 0.6 is 0 Å². The van der Waals surface area contributed by atoms with Gasteiger partial charge in [-0.25, -0.2) is 0 Å². The van der Waals surface area contributed by atoms with E-state index in [1.54, 1.807) is 0 Å². The van der Waals surface area contributed by atoms with E-state index in [0.717, 1.165) is 38.1 Å². The van der Waals surface area contributed by atoms with Gasteiger partial charge in [-0.1, -0.05) is 25.5 Å². The molecule has 0 amide bonds. The molecule has 1 rings (SSSR count). The van der Waals surface area contributed by atoms with E-state index in [4.69, 9.17) is 15.1 Å². The zero-order valence-electron chi connectivity index (χ0n) is 12.1. The van der Waals surface area contributed by atoms with E-state index in [0.29, 0.717) is 5.92 Å². The minimum absolute atomic E-state index is 0.0808. The largest absolute Gasteiger partial charge is 0.479 e. The number of hydrogen-bond donors (Lipinski definition) is 2. The first-order valence-corrected chi connectivity index (χ1v) is 7.20. The van der Waals surface area contributed by atoms with Gasteiger partial charge in [0.25, 0.3) is 0 Å². The average molecular weight is 276 g/mol. The summed E-state index contributed by atoms with van der Waals surface area (Å²) in [7, 11) is 0. The number of rotatable bonds is 10. The molecule has 1 atom stereocenters. The maximum Gasteiger partial charge on any atom is 0.174 e. The number of hydrogen-bond acceptors (Lipinski definition) is 4. The molecular weight excluding hydrogens is 252 g/mol. The molecular formula is C16H24N2O2. The number of aliphatic hydroxyl groups is 1. The Hall–Kier alpha value is -1.57. The molecule has 1 aromatic carbocycles. The molecule has 20 heavy (non-hydrogen) atoms. The highest BCUT2D eigenvalue weighted by atomic mass is 16.5. The van der Waals surface area contributed by atoms with Crippen LogP contribution in [0.25, 0.3) is 0 Å². The first-order chi connectivity index (χ1) is 9.80. The molecule has 0 spiro atoms. The lowest BCUT2D eigenvalue weighted by Gasteiger charge is -2.15. The molecule has 1 unspecified atom stereocenters. The van der Waals surface area contributed by atoms with Gasteiger partial charge < -0.3 is 15.2 Å². The van der Waals surface area contributed by atoms with Crippen LogP contribution in [0.5, 0.6) is 5.75 Å². The van der Waals surface area contributed by atoms with Gasteiger partial charge in [-0.2, -0.15) is 5.26 Å². The van der Waals surface area contributed by atoms with E-state index in [1.165, 1.54) is 5.56 Å². The molecule has 1 aromatic rings. The Morgan fingerprint density at radius 3 is 2.65 bits per heavy atom. The third-order valence-corrected chi connectivity index (χ3v) is 3.22. The summed E-state index contributed by atoms with van der Waals surface area (Å²) < 4.78 is 5.21. The molecule has 0 bridgehead atoms. The molecule has 0 fully saturated rings. The number of benzene rings is 1. The van der Waals surface area contributed by atoms with Gasteiger partial charge in [-0.05, 0) is 43.0 Å². The standard InChI is InChI=1S/C16H24N2O2/c1-2-3-14(8-10-19)12-18-13-15-4-6-16(7-5-15)20-11-9-17/h4-7,14,18-19H,2-3,8,10-13H2,1H3. The van der Waals surface area contributed by atoms with Crippen LogP contribution in [-0.4, -0.2) is 24.9 Å². The Bertz CT molecular complexity index is 392. The van der Waals surface area contributed by atoms with Crippen molar-refractivity contribution in [1.82, 2.24) is 5.32 Å². The van der Waals surface area contributed by atoms with Crippen molar-refractivity contribution in [2.75, 3.05) is 19.8 Å². The van der Waals surface area contributed by atoms with Crippen LogP contribution in [0.1, 0.15) is 31.7 Å². The molecule has 4 nitrogen and oxygen atoms in total. The van der Waals surface area contributed by atoms with Gasteiger partial charge in [-0.15, -0.1) is 0 Å². The van der Waals surface area contributed by atoms with Gasteiger partial charge in [0.2, 0.25) is 0 Å². The number of aliphatic hydroxyl groups excluding tert-OH is 1. The van der Waals surface area contributed by atoms with Crippen molar-refractivity contribution in [2.45, 2.75) is 32.7 Å². The highest BCUT2D eigenvalue weighted by Gasteiger charge is 2.06. The van der Waals surface area contributed by atoms with E-state index in [9.17, 15) is 0 Å². The van der Waals surface area contributed by atoms with Crippen LogP contribution in [0.3, 0.4) is 0 Å². The molecule has 0 heterocycles. The third-order valence-electron chi connectivity index (χ3n) is 3.22. The zero-order valence-corrected chi connectivity index (χ0v) is 12.1. The van der Waals surface area contributed by atoms with E-state index < -0.39 is 0 Å². The minimum Gasteiger partial charge on any atom is -0.479 e. The lowest BCUT2D eigenvalue weighted by Crippen LogP contribution is -2.23. The number of nitrogens with one attached hydrogen (secondary N) is 1. The van der Waals surface area contributed by atoms with Crippen molar-refractivity contribution in [3.05, 3.63) is 29.8 Å². The van der Waals surface area contributed by atoms with E-state index >= 15 is 0 Å². The van der Waals surface area contributed by atoms with Crippen molar-refractivity contribution in [3.8, 4) is 11.8 Å². The summed E-state index contributed by atoms with van der Waals surface area (Å²) in [5.74, 6) is 1.27. The first kappa shape index (κ1) is 16.5. The van der Waals surface area contributed by atoms with E-state index in [1.807, 2.05) is 30.3 Å². The highest BCUT2D eigenvalue weighted by molar-refractivity contribution is 5.27. The Balaban J connectivity index is 2.32. The smallest absolute Gasteiger partial charge is 0.174 e. The van der Waals surface area contributed by atoms with Crippen LogP contribution < -0.4 is 10.1 Å². The molecule has 0 aliphatic heterocycles. The molecule has 0 radical (unpaired) electrons. The van der Waals surface area contributed by atoms with E-state index in [2.05, 4.69) is 12.2 Å². The highest BCUT2D eigenvalue weighted by Crippen LogP contribution is 2.13. The topological polar surface area (TPSA) is 65.3 Å². The molecule has 110 valence electrons. The predicted molar refractivity (Wildman–Crippen MR) is 79.4 cm³/mol. The quantitative estimate of drug-likeness (QED) is 0.689. The van der Waals surface area contributed by atoms with Crippen LogP contribution in [0.4, 0.5) is 0 Å². The fraction of sp³-hybridized carbons (Fsp3) is 0.562. The van der Waals surface area contributed by atoms with Crippen molar-refractivity contribution in [3.63, 3.8) is 0 Å². The fourth-order valence-electron chi connectivity index (χ4n) is 2.18. The second-order valence-electron chi connectivity index (χ2n) is 4.89. The molecule has 4 heteroatoms. The summed E-state index contributed by atoms with van der Waals surface area (Å²) in [6, 6.07) is 9.71. The van der Waals surface area contributed by atoms with Crippen molar-refractivity contribution >= 4 is 0 Å². The van der Waals surface area contributed by atoms with Crippen LogP contribution in [-0.2, 0) is 6.54 Å². The second-order valence-corrected chi connectivity index (χ2v) is 4.89. The van der Waals surface area contributed by atoms with Gasteiger partial charge in [0.1, 0.15) is 11.8 Å². The summed E-state index contributed by atoms with van der Waals surface area (Å²) in [6.07, 6.45) is 3.16. The maximum absolute atomic E-state index is 9.02. The third kappa shape index (κ3) is 6.55. The number of nitriles is 1. The van der Waals surface area contributed by atoms with Gasteiger partial charge in [0.05, 0.1) is 0 Å². The second kappa shape index (κ2) is 10.2. The summed E-state index contributed by atoms with van der Waals surface area (Å²) >= 11 is 0. The van der Waals surface area contributed by atoms with Crippen molar-refractivity contribution in [1.29, 1.82) is 5.26 Å². The molecule has 2 N–H and O–H groups in total. The van der Waals surface area contributed by atoms with Gasteiger partial charge in [-0.3, -0.25) is 0 Å². The molecule has 0 saturated heterocycles. The number of nitrogens with zero attached hydrogens (tertiary/aromatic N) is 1. The van der Waals surface area contributed by atoms with Crippen molar-refractivity contribution < 1.29 is 9.84 Å². The lowest BCUT2D eigenvalue weighted by atomic mass is 10.0. The molecule has 0 saturated carbocycles. The SMILES string of the molecule is CCCC(CCO)CNCc1ccc(OCC#N)cc1. The Labute approximate surface area is 121 Å². The lowest BCUT2D eigenvalue weighted by molar-refractivity contribution is 0.248. The molecule has 0 aliphatic rings. The van der Waals surface area contributed by atoms with Gasteiger partial charge in [0.15, 0.2) is 6.61 Å². The summed E-state index contributed by atoms with van der Waals surface area (Å²) in [4.78, 5) is 0.